The molecule has 3 rings (SSSR count). The van der Waals surface area contributed by atoms with Crippen LogP contribution in [0.15, 0.2) is 35.1 Å². The fourth-order valence-electron chi connectivity index (χ4n) is 2.10. The molecule has 1 aromatic rings. The molecule has 2 heterocycles. The average Bonchev–Trinajstić information content (AvgIpc) is 2.88. The van der Waals surface area contributed by atoms with Crippen molar-refractivity contribution in [2.24, 2.45) is 0 Å². The number of carbonyl (C=O) groups excluding carboxylic acids is 1. The fourth-order valence-corrected chi connectivity index (χ4v) is 3.52. The van der Waals surface area contributed by atoms with Gasteiger partial charge in [-0.3, -0.25) is 9.69 Å². The smallest absolute Gasteiger partial charge is 0.271 e. The van der Waals surface area contributed by atoms with E-state index in [-0.39, 0.29) is 5.91 Å². The highest BCUT2D eigenvalue weighted by atomic mass is 32.2. The van der Waals surface area contributed by atoms with Gasteiger partial charge in [0.2, 0.25) is 5.88 Å². The summed E-state index contributed by atoms with van der Waals surface area (Å²) < 4.78 is 6.38. The van der Waals surface area contributed by atoms with Crippen LogP contribution in [-0.2, 0) is 4.79 Å². The number of hydrogen-bond donors (Lipinski definition) is 0. The van der Waals surface area contributed by atoms with Crippen molar-refractivity contribution >= 4 is 39.9 Å². The number of anilines is 1. The average molecular weight is 292 g/mol. The van der Waals surface area contributed by atoms with Gasteiger partial charge < -0.3 is 9.64 Å². The number of benzene rings is 1. The van der Waals surface area contributed by atoms with E-state index in [1.54, 1.807) is 4.90 Å². The van der Waals surface area contributed by atoms with Crippen molar-refractivity contribution in [2.75, 3.05) is 18.5 Å². The molecule has 98 valence electrons. The van der Waals surface area contributed by atoms with Gasteiger partial charge in [-0.25, -0.2) is 0 Å². The Morgan fingerprint density at radius 1 is 1.37 bits per heavy atom. The van der Waals surface area contributed by atoms with E-state index in [1.165, 1.54) is 11.8 Å². The summed E-state index contributed by atoms with van der Waals surface area (Å²) in [5.41, 5.74) is 0.958. The third-order valence-corrected chi connectivity index (χ3v) is 4.52. The molecule has 6 heteroatoms. The van der Waals surface area contributed by atoms with Gasteiger partial charge >= 0.3 is 0 Å². The van der Waals surface area contributed by atoms with E-state index >= 15 is 0 Å². The van der Waals surface area contributed by atoms with E-state index < -0.39 is 0 Å². The van der Waals surface area contributed by atoms with Gasteiger partial charge in [-0.2, -0.15) is 0 Å². The number of ether oxygens (including phenoxy) is 1. The molecule has 2 aliphatic heterocycles. The number of rotatable bonds is 1. The summed E-state index contributed by atoms with van der Waals surface area (Å²) in [7, 11) is 1.89. The van der Waals surface area contributed by atoms with Crippen LogP contribution >= 0.6 is 24.0 Å². The summed E-state index contributed by atoms with van der Waals surface area (Å²) in [6.07, 6.45) is 0. The maximum Gasteiger partial charge on any atom is 0.271 e. The zero-order valence-electron chi connectivity index (χ0n) is 10.5. The van der Waals surface area contributed by atoms with Gasteiger partial charge in [0, 0.05) is 13.6 Å². The molecule has 0 atom stereocenters. The van der Waals surface area contributed by atoms with E-state index in [2.05, 4.69) is 0 Å². The monoisotopic (exact) mass is 292 g/mol. The van der Waals surface area contributed by atoms with Gasteiger partial charge in [0.25, 0.3) is 5.91 Å². The predicted octanol–water partition coefficient (Wildman–Crippen LogP) is 2.56. The second kappa shape index (κ2) is 4.54. The van der Waals surface area contributed by atoms with Crippen molar-refractivity contribution in [3.63, 3.8) is 0 Å². The Morgan fingerprint density at radius 3 is 2.74 bits per heavy atom. The molecule has 0 radical (unpaired) electrons. The lowest BCUT2D eigenvalue weighted by Crippen LogP contribution is -2.28. The number of fused-ring (bicyclic) bond motifs is 1. The molecule has 1 saturated heterocycles. The van der Waals surface area contributed by atoms with Crippen molar-refractivity contribution in [1.82, 2.24) is 4.90 Å². The molecule has 19 heavy (non-hydrogen) atoms. The first-order chi connectivity index (χ1) is 9.13. The minimum Gasteiger partial charge on any atom is -0.437 e. The van der Waals surface area contributed by atoms with Crippen molar-refractivity contribution in [1.29, 1.82) is 0 Å². The Kier molecular flexibility index (Phi) is 2.99. The third kappa shape index (κ3) is 1.82. The Hall–Kier alpha value is -1.53. The molecule has 0 N–H and O–H groups in total. The van der Waals surface area contributed by atoms with E-state index in [9.17, 15) is 4.79 Å². The van der Waals surface area contributed by atoms with Crippen molar-refractivity contribution in [2.45, 2.75) is 6.92 Å². The van der Waals surface area contributed by atoms with Gasteiger partial charge in [-0.1, -0.05) is 24.4 Å². The SMILES string of the molecule is CCN1C(=O)/C(=C2\Oc3ccccc3N2C)SC1=S. The van der Waals surface area contributed by atoms with Crippen LogP contribution in [0.3, 0.4) is 0 Å². The molecule has 2 aliphatic rings. The maximum absolute atomic E-state index is 12.3. The number of thioether (sulfide) groups is 1. The summed E-state index contributed by atoms with van der Waals surface area (Å²) in [5.74, 6) is 1.25. The quantitative estimate of drug-likeness (QED) is 0.587. The zero-order valence-corrected chi connectivity index (χ0v) is 12.2. The Morgan fingerprint density at radius 2 is 2.11 bits per heavy atom. The van der Waals surface area contributed by atoms with E-state index in [1.807, 2.05) is 43.1 Å². The van der Waals surface area contributed by atoms with Gasteiger partial charge in [-0.15, -0.1) is 0 Å². The van der Waals surface area contributed by atoms with E-state index in [0.717, 1.165) is 11.4 Å². The molecule has 0 aromatic heterocycles. The molecule has 1 fully saturated rings. The lowest BCUT2D eigenvalue weighted by atomic mass is 10.3. The van der Waals surface area contributed by atoms with Crippen LogP contribution < -0.4 is 9.64 Å². The topological polar surface area (TPSA) is 32.8 Å². The van der Waals surface area contributed by atoms with Crippen molar-refractivity contribution in [3.8, 4) is 5.75 Å². The highest BCUT2D eigenvalue weighted by molar-refractivity contribution is 8.26. The summed E-state index contributed by atoms with van der Waals surface area (Å²) in [6, 6.07) is 7.70. The molecule has 0 saturated carbocycles. The number of hydrogen-bond acceptors (Lipinski definition) is 5. The first-order valence-electron chi connectivity index (χ1n) is 5.92. The molecule has 0 aliphatic carbocycles. The van der Waals surface area contributed by atoms with Gasteiger partial charge in [0.05, 0.1) is 5.69 Å². The number of para-hydroxylation sites is 2. The highest BCUT2D eigenvalue weighted by Gasteiger charge is 2.38. The van der Waals surface area contributed by atoms with Crippen LogP contribution in [0.25, 0.3) is 0 Å². The molecule has 4 nitrogen and oxygen atoms in total. The van der Waals surface area contributed by atoms with Crippen LogP contribution in [0, 0.1) is 0 Å². The molecular formula is C13H12N2O2S2. The van der Waals surface area contributed by atoms with Crippen molar-refractivity contribution < 1.29 is 9.53 Å². The van der Waals surface area contributed by atoms with Crippen LogP contribution in [0.5, 0.6) is 5.75 Å². The number of likely N-dealkylation sites (N-methyl/N-ethyl adjacent to an activating group) is 1. The number of amides is 1. The number of thiocarbonyl (C=S) groups is 1. The van der Waals surface area contributed by atoms with Gasteiger partial charge in [0.1, 0.15) is 9.23 Å². The zero-order chi connectivity index (χ0) is 13.6. The minimum atomic E-state index is -0.0767. The maximum atomic E-state index is 12.3. The Bertz CT molecular complexity index is 612. The van der Waals surface area contributed by atoms with Crippen LogP contribution in [0.2, 0.25) is 0 Å². The lowest BCUT2D eigenvalue weighted by molar-refractivity contribution is -0.122. The highest BCUT2D eigenvalue weighted by Crippen LogP contribution is 2.43. The lowest BCUT2D eigenvalue weighted by Gasteiger charge is -2.13. The first-order valence-corrected chi connectivity index (χ1v) is 7.14. The molecule has 0 bridgehead atoms. The van der Waals surface area contributed by atoms with Gasteiger partial charge in [0.15, 0.2) is 5.75 Å². The minimum absolute atomic E-state index is 0.0767. The molecule has 0 spiro atoms. The third-order valence-electron chi connectivity index (χ3n) is 3.10. The Labute approximate surface area is 121 Å². The Balaban J connectivity index is 2.03. The van der Waals surface area contributed by atoms with E-state index in [0.29, 0.717) is 21.7 Å². The standard InChI is InChI=1S/C13H12N2O2S2/c1-3-15-11(16)10(19-13(15)18)12-14(2)8-6-4-5-7-9(8)17-12/h4-7H,3H2,1-2H3/b12-10+. The van der Waals surface area contributed by atoms with Gasteiger partial charge in [-0.05, 0) is 30.8 Å². The summed E-state index contributed by atoms with van der Waals surface area (Å²) in [5, 5.41) is 0. The molecule has 0 unspecified atom stereocenters. The second-order valence-corrected chi connectivity index (χ2v) is 5.82. The van der Waals surface area contributed by atoms with E-state index in [4.69, 9.17) is 17.0 Å². The van der Waals surface area contributed by atoms with Crippen LogP contribution in [0.4, 0.5) is 5.69 Å². The largest absolute Gasteiger partial charge is 0.437 e. The molecule has 1 amide bonds. The molecule has 1 aromatic carbocycles. The second-order valence-electron chi connectivity index (χ2n) is 4.18. The first kappa shape index (κ1) is 12.5. The number of carbonyl (C=O) groups is 1. The predicted molar refractivity (Wildman–Crippen MR) is 80.1 cm³/mol. The summed E-state index contributed by atoms with van der Waals surface area (Å²) >= 11 is 6.51. The summed E-state index contributed by atoms with van der Waals surface area (Å²) in [4.78, 5) is 16.3. The van der Waals surface area contributed by atoms with Crippen LogP contribution in [0.1, 0.15) is 6.92 Å². The fraction of sp³-hybridized carbons (Fsp3) is 0.231. The van der Waals surface area contributed by atoms with Crippen LogP contribution in [-0.4, -0.2) is 28.7 Å². The normalized spacial score (nSPS) is 22.0. The summed E-state index contributed by atoms with van der Waals surface area (Å²) in [6.45, 7) is 2.49. The molecular weight excluding hydrogens is 280 g/mol. The number of nitrogens with zero attached hydrogens (tertiary/aromatic N) is 2. The van der Waals surface area contributed by atoms with Crippen molar-refractivity contribution in [3.05, 3.63) is 35.1 Å².